The molecule has 7 nitrogen and oxygen atoms in total. The Morgan fingerprint density at radius 2 is 1.58 bits per heavy atom. The van der Waals surface area contributed by atoms with Crippen molar-refractivity contribution in [2.45, 2.75) is 6.92 Å². The van der Waals surface area contributed by atoms with Gasteiger partial charge in [-0.05, 0) is 13.0 Å². The van der Waals surface area contributed by atoms with Crippen LogP contribution in [0.5, 0.6) is 0 Å². The second-order valence-electron chi connectivity index (χ2n) is 5.35. The molecule has 0 unspecified atom stereocenters. The number of H-pyrrole nitrogens is 1. The molecule has 0 aliphatic rings. The molecule has 0 saturated carbocycles. The lowest BCUT2D eigenvalue weighted by atomic mass is 10.3. The predicted molar refractivity (Wildman–Crippen MR) is 94.6 cm³/mol. The number of hydrogen-bond acceptors (Lipinski definition) is 4. The summed E-state index contributed by atoms with van der Waals surface area (Å²) >= 11 is 11.5. The first-order chi connectivity index (χ1) is 11.3. The molecule has 0 atom stereocenters. The smallest absolute Gasteiger partial charge is 0.259 e. The second-order valence-corrected chi connectivity index (χ2v) is 6.10. The molecule has 1 N–H and O–H groups in total. The van der Waals surface area contributed by atoms with E-state index >= 15 is 0 Å². The average Bonchev–Trinajstić information content (AvgIpc) is 3.01. The van der Waals surface area contributed by atoms with E-state index in [9.17, 15) is 4.79 Å². The summed E-state index contributed by atoms with van der Waals surface area (Å²) < 4.78 is 3.31. The standard InChI is InChI=1S/C8H9N3O.C7H5Cl2N3/c1-5-3-7-6(8(12)9-5)4-11(2)10-7;1-12-3-4-5(11-12)2-6(8)10-7(4)9/h3-4H,1-2H3,(H,9,12);2-3H,1H3. The molecule has 0 spiro atoms. The molecule has 0 bridgehead atoms. The Hall–Kier alpha value is -2.38. The van der Waals surface area contributed by atoms with Gasteiger partial charge in [0.15, 0.2) is 0 Å². The van der Waals surface area contributed by atoms with Crippen molar-refractivity contribution in [1.82, 2.24) is 29.5 Å². The summed E-state index contributed by atoms with van der Waals surface area (Å²) in [7, 11) is 3.62. The molecule has 0 saturated heterocycles. The molecule has 4 heterocycles. The molecule has 0 radical (unpaired) electrons. The van der Waals surface area contributed by atoms with Gasteiger partial charge >= 0.3 is 0 Å². The van der Waals surface area contributed by atoms with Gasteiger partial charge in [0, 0.05) is 38.2 Å². The SMILES string of the molecule is Cc1cc2nn(C)cc2c(=O)[nH]1.Cn1cc2c(Cl)nc(Cl)cc2n1. The van der Waals surface area contributed by atoms with Crippen molar-refractivity contribution in [1.29, 1.82) is 0 Å². The largest absolute Gasteiger partial charge is 0.326 e. The molecule has 0 aromatic carbocycles. The van der Waals surface area contributed by atoms with E-state index < -0.39 is 0 Å². The van der Waals surface area contributed by atoms with Crippen molar-refractivity contribution in [2.24, 2.45) is 14.1 Å². The van der Waals surface area contributed by atoms with Crippen LogP contribution in [-0.2, 0) is 14.1 Å². The number of hydrogen-bond donors (Lipinski definition) is 1. The number of aromatic nitrogens is 6. The Balaban J connectivity index is 0.000000141. The molecule has 4 aromatic rings. The average molecular weight is 365 g/mol. The number of aromatic amines is 1. The third kappa shape index (κ3) is 3.27. The number of fused-ring (bicyclic) bond motifs is 2. The summed E-state index contributed by atoms with van der Waals surface area (Å²) in [6.07, 6.45) is 3.52. The quantitative estimate of drug-likeness (QED) is 0.486. The third-order valence-electron chi connectivity index (χ3n) is 3.31. The Morgan fingerprint density at radius 3 is 2.25 bits per heavy atom. The third-order valence-corrected chi connectivity index (χ3v) is 3.79. The first kappa shape index (κ1) is 16.5. The van der Waals surface area contributed by atoms with Crippen LogP contribution in [0.2, 0.25) is 10.3 Å². The lowest BCUT2D eigenvalue weighted by molar-refractivity contribution is 0.779. The van der Waals surface area contributed by atoms with Gasteiger partial charge in [-0.2, -0.15) is 10.2 Å². The molecule has 0 aliphatic carbocycles. The highest BCUT2D eigenvalue weighted by atomic mass is 35.5. The zero-order valence-electron chi connectivity index (χ0n) is 13.2. The van der Waals surface area contributed by atoms with Crippen LogP contribution in [0.15, 0.2) is 29.3 Å². The van der Waals surface area contributed by atoms with Crippen molar-refractivity contribution < 1.29 is 0 Å². The Labute approximate surface area is 146 Å². The van der Waals surface area contributed by atoms with E-state index in [-0.39, 0.29) is 5.56 Å². The number of nitrogens with zero attached hydrogens (tertiary/aromatic N) is 5. The van der Waals surface area contributed by atoms with Gasteiger partial charge in [0.25, 0.3) is 5.56 Å². The highest BCUT2D eigenvalue weighted by molar-refractivity contribution is 6.36. The van der Waals surface area contributed by atoms with Gasteiger partial charge in [0.1, 0.15) is 10.3 Å². The maximum absolute atomic E-state index is 11.3. The fourth-order valence-electron chi connectivity index (χ4n) is 2.35. The topological polar surface area (TPSA) is 81.4 Å². The van der Waals surface area contributed by atoms with E-state index in [0.717, 1.165) is 22.1 Å². The van der Waals surface area contributed by atoms with Crippen LogP contribution in [0.25, 0.3) is 21.8 Å². The zero-order chi connectivity index (χ0) is 17.4. The van der Waals surface area contributed by atoms with Crippen LogP contribution in [-0.4, -0.2) is 29.5 Å². The van der Waals surface area contributed by atoms with Gasteiger partial charge in [0.2, 0.25) is 0 Å². The first-order valence-corrected chi connectivity index (χ1v) is 7.78. The molecule has 4 aromatic heterocycles. The molecular weight excluding hydrogens is 351 g/mol. The minimum atomic E-state index is -0.0712. The van der Waals surface area contributed by atoms with Gasteiger partial charge in [0.05, 0.1) is 21.8 Å². The first-order valence-electron chi connectivity index (χ1n) is 7.02. The Kier molecular flexibility index (Phi) is 4.29. The van der Waals surface area contributed by atoms with Crippen LogP contribution >= 0.6 is 23.2 Å². The summed E-state index contributed by atoms with van der Waals surface area (Å²) in [5.41, 5.74) is 2.28. The van der Waals surface area contributed by atoms with Gasteiger partial charge in [-0.3, -0.25) is 14.2 Å². The van der Waals surface area contributed by atoms with Crippen LogP contribution in [0.1, 0.15) is 5.69 Å². The van der Waals surface area contributed by atoms with Crippen LogP contribution in [0.3, 0.4) is 0 Å². The van der Waals surface area contributed by atoms with E-state index in [0.29, 0.717) is 15.7 Å². The number of aryl methyl sites for hydroxylation is 3. The van der Waals surface area contributed by atoms with E-state index in [2.05, 4.69) is 20.2 Å². The lowest BCUT2D eigenvalue weighted by Gasteiger charge is -1.91. The van der Waals surface area contributed by atoms with Crippen LogP contribution in [0.4, 0.5) is 0 Å². The monoisotopic (exact) mass is 364 g/mol. The van der Waals surface area contributed by atoms with Gasteiger partial charge < -0.3 is 4.98 Å². The molecule has 24 heavy (non-hydrogen) atoms. The maximum Gasteiger partial charge on any atom is 0.259 e. The summed E-state index contributed by atoms with van der Waals surface area (Å²) in [5.74, 6) is 0. The summed E-state index contributed by atoms with van der Waals surface area (Å²) in [4.78, 5) is 17.9. The normalized spacial score (nSPS) is 10.9. The zero-order valence-corrected chi connectivity index (χ0v) is 14.7. The minimum absolute atomic E-state index is 0.0712. The molecule has 0 amide bonds. The number of halogens is 2. The van der Waals surface area contributed by atoms with Crippen molar-refractivity contribution in [3.8, 4) is 0 Å². The molecular formula is C15H14Cl2N6O. The summed E-state index contributed by atoms with van der Waals surface area (Å²) in [6.45, 7) is 1.84. The molecule has 9 heteroatoms. The van der Waals surface area contributed by atoms with Crippen molar-refractivity contribution in [2.75, 3.05) is 0 Å². The van der Waals surface area contributed by atoms with Crippen molar-refractivity contribution >= 4 is 45.0 Å². The molecule has 4 rings (SSSR count). The second kappa shape index (κ2) is 6.26. The van der Waals surface area contributed by atoms with Gasteiger partial charge in [-0.25, -0.2) is 4.98 Å². The van der Waals surface area contributed by atoms with Crippen molar-refractivity contribution in [3.63, 3.8) is 0 Å². The lowest BCUT2D eigenvalue weighted by Crippen LogP contribution is -2.05. The number of rotatable bonds is 0. The van der Waals surface area contributed by atoms with Crippen molar-refractivity contribution in [3.05, 3.63) is 50.9 Å². The van der Waals surface area contributed by atoms with Gasteiger partial charge in [-0.1, -0.05) is 23.2 Å². The van der Waals surface area contributed by atoms with E-state index in [1.54, 1.807) is 34.9 Å². The minimum Gasteiger partial charge on any atom is -0.326 e. The van der Waals surface area contributed by atoms with E-state index in [4.69, 9.17) is 23.2 Å². The molecule has 124 valence electrons. The number of pyridine rings is 2. The maximum atomic E-state index is 11.3. The van der Waals surface area contributed by atoms with Gasteiger partial charge in [-0.15, -0.1) is 0 Å². The summed E-state index contributed by atoms with van der Waals surface area (Å²) in [5, 5.41) is 10.5. The van der Waals surface area contributed by atoms with Crippen LogP contribution < -0.4 is 5.56 Å². The van der Waals surface area contributed by atoms with E-state index in [1.165, 1.54) is 0 Å². The van der Waals surface area contributed by atoms with E-state index in [1.807, 2.05) is 20.0 Å². The highest BCUT2D eigenvalue weighted by Gasteiger charge is 2.05. The Morgan fingerprint density at radius 1 is 1.00 bits per heavy atom. The van der Waals surface area contributed by atoms with Crippen LogP contribution in [0, 0.1) is 6.92 Å². The molecule has 0 aliphatic heterocycles. The number of nitrogens with one attached hydrogen (secondary N) is 1. The fraction of sp³-hybridized carbons (Fsp3) is 0.200. The highest BCUT2D eigenvalue weighted by Crippen LogP contribution is 2.22. The fourth-order valence-corrected chi connectivity index (χ4v) is 2.81. The summed E-state index contributed by atoms with van der Waals surface area (Å²) in [6, 6.07) is 3.54. The Bertz CT molecular complexity index is 1090. The molecule has 0 fully saturated rings. The predicted octanol–water partition coefficient (Wildman–Crippen LogP) is 2.85.